The number of carbonyl (C=O) groups excluding carboxylic acids is 1. The van der Waals surface area contributed by atoms with E-state index in [0.717, 1.165) is 16.3 Å². The molecule has 1 amide bonds. The molecule has 0 bridgehead atoms. The van der Waals surface area contributed by atoms with Crippen molar-refractivity contribution in [2.45, 2.75) is 50.3 Å². The highest BCUT2D eigenvalue weighted by Gasteiger charge is 2.32. The Balaban J connectivity index is 2.09. The van der Waals surface area contributed by atoms with Gasteiger partial charge in [-0.2, -0.15) is 11.8 Å². The quantitative estimate of drug-likeness (QED) is 0.566. The van der Waals surface area contributed by atoms with Crippen molar-refractivity contribution in [3.63, 3.8) is 0 Å². The van der Waals surface area contributed by atoms with Crippen LogP contribution in [0.1, 0.15) is 39.0 Å². The molecule has 0 aromatic heterocycles. The number of sulfonamides is 1. The molecule has 27 heavy (non-hydrogen) atoms. The smallest absolute Gasteiger partial charge is 0.243 e. The maximum absolute atomic E-state index is 12.7. The number of hydrogen-bond acceptors (Lipinski definition) is 4. The van der Waals surface area contributed by atoms with Gasteiger partial charge in [0.15, 0.2) is 0 Å². The van der Waals surface area contributed by atoms with E-state index in [0.29, 0.717) is 23.2 Å². The highest BCUT2D eigenvalue weighted by atomic mass is 35.5. The van der Waals surface area contributed by atoms with Crippen LogP contribution in [0, 0.1) is 0 Å². The maximum atomic E-state index is 12.7. The summed E-state index contributed by atoms with van der Waals surface area (Å²) in [4.78, 5) is 12.7. The summed E-state index contributed by atoms with van der Waals surface area (Å²) in [6, 6.07) is 3.69. The molecule has 1 saturated carbocycles. The van der Waals surface area contributed by atoms with Gasteiger partial charge in [0.25, 0.3) is 0 Å². The third kappa shape index (κ3) is 6.44. The van der Waals surface area contributed by atoms with Crippen molar-refractivity contribution in [1.29, 1.82) is 0 Å². The second kappa shape index (κ2) is 10.2. The lowest BCUT2D eigenvalue weighted by atomic mass is 10.2. The van der Waals surface area contributed by atoms with Crippen LogP contribution in [0.5, 0.6) is 0 Å². The average molecular weight is 453 g/mol. The van der Waals surface area contributed by atoms with Crippen molar-refractivity contribution < 1.29 is 13.2 Å². The summed E-state index contributed by atoms with van der Waals surface area (Å²) in [5.74, 6) is 0.495. The molecule has 0 spiro atoms. The molecule has 1 aliphatic carbocycles. The van der Waals surface area contributed by atoms with Crippen molar-refractivity contribution in [2.24, 2.45) is 0 Å². The zero-order valence-electron chi connectivity index (χ0n) is 15.6. The highest BCUT2D eigenvalue weighted by molar-refractivity contribution is 7.99. The van der Waals surface area contributed by atoms with Crippen molar-refractivity contribution >= 4 is 56.6 Å². The number of thioether (sulfide) groups is 1. The van der Waals surface area contributed by atoms with E-state index in [-0.39, 0.29) is 16.6 Å². The first-order valence-corrected chi connectivity index (χ1v) is 12.7. The average Bonchev–Trinajstić information content (AvgIpc) is 3.11. The largest absolute Gasteiger partial charge is 0.353 e. The van der Waals surface area contributed by atoms with E-state index in [4.69, 9.17) is 23.2 Å². The van der Waals surface area contributed by atoms with Crippen LogP contribution in [-0.2, 0) is 14.8 Å². The van der Waals surface area contributed by atoms with E-state index in [1.54, 1.807) is 13.0 Å². The molecule has 152 valence electrons. The summed E-state index contributed by atoms with van der Waals surface area (Å²) >= 11 is 14.1. The molecular formula is C18H26Cl2N2O3S2. The second-order valence-corrected chi connectivity index (χ2v) is 10.8. The Kier molecular flexibility index (Phi) is 8.59. The van der Waals surface area contributed by atoms with E-state index < -0.39 is 16.1 Å². The maximum Gasteiger partial charge on any atom is 0.243 e. The minimum atomic E-state index is -3.73. The minimum Gasteiger partial charge on any atom is -0.353 e. The number of amides is 1. The van der Waals surface area contributed by atoms with Gasteiger partial charge in [0, 0.05) is 22.6 Å². The number of halogens is 2. The lowest BCUT2D eigenvalue weighted by Gasteiger charge is -2.30. The molecule has 1 atom stereocenters. The standard InChI is InChI=1S/C18H26Cl2N2O3S2/c1-3-16(18(23)21-10-11-26-14-6-4-5-7-14)22(27(2,24)25)17-12-13(19)8-9-15(17)20/h8-9,12,14,16H,3-7,10-11H2,1-2H3,(H,21,23)/t16-/m0/s1. The van der Waals surface area contributed by atoms with Gasteiger partial charge in [-0.3, -0.25) is 9.10 Å². The molecule has 1 aromatic carbocycles. The summed E-state index contributed by atoms with van der Waals surface area (Å²) in [6.45, 7) is 2.28. The molecular weight excluding hydrogens is 427 g/mol. The molecule has 1 aliphatic rings. The topological polar surface area (TPSA) is 66.5 Å². The summed E-state index contributed by atoms with van der Waals surface area (Å²) in [7, 11) is -3.73. The number of nitrogens with one attached hydrogen (secondary N) is 1. The predicted molar refractivity (Wildman–Crippen MR) is 116 cm³/mol. The molecule has 0 radical (unpaired) electrons. The van der Waals surface area contributed by atoms with Crippen LogP contribution in [0.25, 0.3) is 0 Å². The molecule has 1 fully saturated rings. The molecule has 0 unspecified atom stereocenters. The zero-order valence-corrected chi connectivity index (χ0v) is 18.7. The fourth-order valence-electron chi connectivity index (χ4n) is 3.26. The van der Waals surface area contributed by atoms with E-state index >= 15 is 0 Å². The Morgan fingerprint density at radius 1 is 1.33 bits per heavy atom. The lowest BCUT2D eigenvalue weighted by Crippen LogP contribution is -2.49. The van der Waals surface area contributed by atoms with Crippen LogP contribution in [0.15, 0.2) is 18.2 Å². The fourth-order valence-corrected chi connectivity index (χ4v) is 6.12. The Morgan fingerprint density at radius 2 is 2.00 bits per heavy atom. The Labute approximate surface area is 176 Å². The predicted octanol–water partition coefficient (Wildman–Crippen LogP) is 4.33. The van der Waals surface area contributed by atoms with E-state index in [9.17, 15) is 13.2 Å². The van der Waals surface area contributed by atoms with Gasteiger partial charge in [-0.15, -0.1) is 0 Å². The second-order valence-electron chi connectivity index (χ2n) is 6.65. The van der Waals surface area contributed by atoms with Crippen molar-refractivity contribution in [1.82, 2.24) is 5.32 Å². The molecule has 1 aromatic rings. The summed E-state index contributed by atoms with van der Waals surface area (Å²) in [6.07, 6.45) is 6.43. The molecule has 2 rings (SSSR count). The van der Waals surface area contributed by atoms with Gasteiger partial charge < -0.3 is 5.32 Å². The first-order valence-electron chi connectivity index (χ1n) is 9.07. The van der Waals surface area contributed by atoms with Crippen LogP contribution < -0.4 is 9.62 Å². The molecule has 1 N–H and O–H groups in total. The van der Waals surface area contributed by atoms with Gasteiger partial charge in [0.05, 0.1) is 17.0 Å². The normalized spacial score (nSPS) is 16.3. The van der Waals surface area contributed by atoms with Crippen LogP contribution in [-0.4, -0.2) is 44.2 Å². The highest BCUT2D eigenvalue weighted by Crippen LogP contribution is 2.33. The summed E-state index contributed by atoms with van der Waals surface area (Å²) < 4.78 is 26.0. The minimum absolute atomic E-state index is 0.217. The van der Waals surface area contributed by atoms with Crippen molar-refractivity contribution in [3.05, 3.63) is 28.2 Å². The van der Waals surface area contributed by atoms with Gasteiger partial charge in [-0.1, -0.05) is 43.0 Å². The third-order valence-corrected chi connectivity index (χ3v) is 7.64. The van der Waals surface area contributed by atoms with Crippen LogP contribution in [0.2, 0.25) is 10.0 Å². The Morgan fingerprint density at radius 3 is 2.59 bits per heavy atom. The lowest BCUT2D eigenvalue weighted by molar-refractivity contribution is -0.122. The zero-order chi connectivity index (χ0) is 20.0. The molecule has 9 heteroatoms. The van der Waals surface area contributed by atoms with Crippen molar-refractivity contribution in [3.8, 4) is 0 Å². The number of nitrogens with zero attached hydrogens (tertiary/aromatic N) is 1. The Hall–Kier alpha value is -0.630. The van der Waals surface area contributed by atoms with Gasteiger partial charge in [0.2, 0.25) is 15.9 Å². The third-order valence-electron chi connectivity index (χ3n) is 4.53. The van der Waals surface area contributed by atoms with E-state index in [1.807, 2.05) is 11.8 Å². The number of hydrogen-bond donors (Lipinski definition) is 1. The monoisotopic (exact) mass is 452 g/mol. The molecule has 0 aliphatic heterocycles. The fraction of sp³-hybridized carbons (Fsp3) is 0.611. The van der Waals surface area contributed by atoms with Gasteiger partial charge in [0.1, 0.15) is 6.04 Å². The number of carbonyl (C=O) groups is 1. The van der Waals surface area contributed by atoms with Crippen molar-refractivity contribution in [2.75, 3.05) is 22.9 Å². The van der Waals surface area contributed by atoms with Crippen LogP contribution in [0.3, 0.4) is 0 Å². The first kappa shape index (κ1) is 22.7. The number of anilines is 1. The molecule has 5 nitrogen and oxygen atoms in total. The van der Waals surface area contributed by atoms with Crippen LogP contribution in [0.4, 0.5) is 5.69 Å². The van der Waals surface area contributed by atoms with E-state index in [2.05, 4.69) is 5.32 Å². The van der Waals surface area contributed by atoms with Gasteiger partial charge in [-0.05, 0) is 37.5 Å². The van der Waals surface area contributed by atoms with Gasteiger partial charge in [-0.25, -0.2) is 8.42 Å². The Bertz CT molecular complexity index is 753. The SMILES string of the molecule is CC[C@@H](C(=O)NCCSC1CCCC1)N(c1cc(Cl)ccc1Cl)S(C)(=O)=O. The van der Waals surface area contributed by atoms with Gasteiger partial charge >= 0.3 is 0 Å². The summed E-state index contributed by atoms with van der Waals surface area (Å²) in [5.41, 5.74) is 0.217. The molecule has 0 saturated heterocycles. The number of benzene rings is 1. The summed E-state index contributed by atoms with van der Waals surface area (Å²) in [5, 5.41) is 4.14. The number of rotatable bonds is 9. The first-order chi connectivity index (χ1) is 12.7. The van der Waals surface area contributed by atoms with Crippen LogP contribution >= 0.6 is 35.0 Å². The van der Waals surface area contributed by atoms with E-state index in [1.165, 1.54) is 37.8 Å². The molecule has 0 heterocycles.